The summed E-state index contributed by atoms with van der Waals surface area (Å²) in [5, 5.41) is 12.2. The monoisotopic (exact) mass is 315 g/mol. The van der Waals surface area contributed by atoms with Crippen LogP contribution >= 0.6 is 11.3 Å². The van der Waals surface area contributed by atoms with Crippen LogP contribution in [0.15, 0.2) is 17.5 Å². The number of thiophene rings is 1. The van der Waals surface area contributed by atoms with Crippen molar-refractivity contribution in [3.63, 3.8) is 0 Å². The molecule has 1 rings (SSSR count). The molecule has 1 aromatic heterocycles. The third kappa shape index (κ3) is 9.22. The predicted octanol–water partition coefficient (Wildman–Crippen LogP) is 2.62. The van der Waals surface area contributed by atoms with Crippen LogP contribution in [0.2, 0.25) is 0 Å². The Morgan fingerprint density at radius 1 is 1.33 bits per heavy atom. The highest BCUT2D eigenvalue weighted by molar-refractivity contribution is 7.09. The average Bonchev–Trinajstić information content (AvgIpc) is 2.91. The summed E-state index contributed by atoms with van der Waals surface area (Å²) in [6.07, 6.45) is 0.535. The van der Waals surface area contributed by atoms with Crippen LogP contribution in [0.25, 0.3) is 0 Å². The first-order valence-electron chi connectivity index (χ1n) is 7.61. The zero-order chi connectivity index (χ0) is 15.5. The molecule has 0 aliphatic carbocycles. The van der Waals surface area contributed by atoms with Crippen molar-refractivity contribution in [3.8, 4) is 0 Å². The zero-order valence-corrected chi connectivity index (χ0v) is 14.3. The number of nitrogens with zero attached hydrogens (tertiary/aromatic N) is 1. The second-order valence-electron chi connectivity index (χ2n) is 5.75. The second kappa shape index (κ2) is 11.2. The summed E-state index contributed by atoms with van der Waals surface area (Å²) in [5.74, 6) is 0.501. The van der Waals surface area contributed by atoms with Gasteiger partial charge in [-0.3, -0.25) is 4.90 Å². The first-order chi connectivity index (χ1) is 10.1. The summed E-state index contributed by atoms with van der Waals surface area (Å²) in [6, 6.07) is 4.20. The Hall–Kier alpha value is -0.460. The van der Waals surface area contributed by atoms with Crippen LogP contribution < -0.4 is 0 Å². The SMILES string of the molecule is COCCCN(Cc1cccs1)C[C@H](O)COCC(C)C. The van der Waals surface area contributed by atoms with Crippen molar-refractivity contribution in [2.75, 3.05) is 40.0 Å². The largest absolute Gasteiger partial charge is 0.389 e. The lowest BCUT2D eigenvalue weighted by molar-refractivity contribution is 0.00596. The van der Waals surface area contributed by atoms with E-state index in [1.54, 1.807) is 18.4 Å². The molecule has 0 bridgehead atoms. The molecule has 0 saturated heterocycles. The van der Waals surface area contributed by atoms with Gasteiger partial charge in [0.1, 0.15) is 0 Å². The zero-order valence-electron chi connectivity index (χ0n) is 13.5. The van der Waals surface area contributed by atoms with E-state index in [1.807, 2.05) is 0 Å². The minimum Gasteiger partial charge on any atom is -0.389 e. The molecule has 4 nitrogen and oxygen atoms in total. The Balaban J connectivity index is 2.35. The van der Waals surface area contributed by atoms with Gasteiger partial charge in [-0.25, -0.2) is 0 Å². The normalized spacial score (nSPS) is 13.2. The highest BCUT2D eigenvalue weighted by Crippen LogP contribution is 2.12. The van der Waals surface area contributed by atoms with Gasteiger partial charge in [0, 0.05) is 44.8 Å². The number of ether oxygens (including phenoxy) is 2. The van der Waals surface area contributed by atoms with Gasteiger partial charge in [0.15, 0.2) is 0 Å². The van der Waals surface area contributed by atoms with Crippen molar-refractivity contribution in [2.24, 2.45) is 5.92 Å². The fourth-order valence-corrected chi connectivity index (χ4v) is 2.83. The molecule has 0 aliphatic heterocycles. The molecule has 0 radical (unpaired) electrons. The lowest BCUT2D eigenvalue weighted by Crippen LogP contribution is -2.35. The summed E-state index contributed by atoms with van der Waals surface area (Å²) < 4.78 is 10.6. The topological polar surface area (TPSA) is 41.9 Å². The molecular formula is C16H29NO3S. The molecule has 0 spiro atoms. The van der Waals surface area contributed by atoms with E-state index < -0.39 is 6.10 Å². The van der Waals surface area contributed by atoms with Crippen LogP contribution in [0.5, 0.6) is 0 Å². The maximum absolute atomic E-state index is 10.1. The van der Waals surface area contributed by atoms with Gasteiger partial charge in [0.25, 0.3) is 0 Å². The first kappa shape index (κ1) is 18.6. The minimum atomic E-state index is -0.439. The van der Waals surface area contributed by atoms with E-state index >= 15 is 0 Å². The first-order valence-corrected chi connectivity index (χ1v) is 8.49. The van der Waals surface area contributed by atoms with E-state index in [1.165, 1.54) is 4.88 Å². The Kier molecular flexibility index (Phi) is 9.87. The molecule has 1 N–H and O–H groups in total. The molecule has 0 saturated carbocycles. The molecule has 1 atom stereocenters. The third-order valence-electron chi connectivity index (χ3n) is 3.01. The van der Waals surface area contributed by atoms with Gasteiger partial charge >= 0.3 is 0 Å². The van der Waals surface area contributed by atoms with E-state index in [0.717, 1.165) is 26.1 Å². The minimum absolute atomic E-state index is 0.406. The van der Waals surface area contributed by atoms with Crippen LogP contribution in [-0.4, -0.2) is 56.1 Å². The van der Waals surface area contributed by atoms with Crippen LogP contribution in [0, 0.1) is 5.92 Å². The number of hydrogen-bond acceptors (Lipinski definition) is 5. The number of hydrogen-bond donors (Lipinski definition) is 1. The third-order valence-corrected chi connectivity index (χ3v) is 3.87. The van der Waals surface area contributed by atoms with Crippen LogP contribution in [-0.2, 0) is 16.0 Å². The molecule has 21 heavy (non-hydrogen) atoms. The molecule has 5 heteroatoms. The van der Waals surface area contributed by atoms with Crippen molar-refractivity contribution in [3.05, 3.63) is 22.4 Å². The molecule has 0 fully saturated rings. The maximum atomic E-state index is 10.1. The summed E-state index contributed by atoms with van der Waals surface area (Å²) in [4.78, 5) is 3.59. The van der Waals surface area contributed by atoms with Crippen molar-refractivity contribution >= 4 is 11.3 Å². The fourth-order valence-electron chi connectivity index (χ4n) is 2.08. The number of rotatable bonds is 12. The van der Waals surface area contributed by atoms with E-state index in [9.17, 15) is 5.11 Å². The van der Waals surface area contributed by atoms with Gasteiger partial charge < -0.3 is 14.6 Å². The summed E-state index contributed by atoms with van der Waals surface area (Å²) >= 11 is 1.75. The molecule has 1 aromatic rings. The molecule has 1 heterocycles. The average molecular weight is 315 g/mol. The van der Waals surface area contributed by atoms with Gasteiger partial charge in [-0.05, 0) is 23.8 Å². The summed E-state index contributed by atoms with van der Waals surface area (Å²) in [7, 11) is 1.72. The molecule has 0 unspecified atom stereocenters. The van der Waals surface area contributed by atoms with Crippen LogP contribution in [0.1, 0.15) is 25.1 Å². The van der Waals surface area contributed by atoms with E-state index in [0.29, 0.717) is 25.7 Å². The maximum Gasteiger partial charge on any atom is 0.0900 e. The lowest BCUT2D eigenvalue weighted by Gasteiger charge is -2.24. The fraction of sp³-hybridized carbons (Fsp3) is 0.750. The van der Waals surface area contributed by atoms with Gasteiger partial charge in [0.05, 0.1) is 12.7 Å². The van der Waals surface area contributed by atoms with Crippen LogP contribution in [0.3, 0.4) is 0 Å². The number of aliphatic hydroxyl groups excluding tert-OH is 1. The van der Waals surface area contributed by atoms with E-state index in [4.69, 9.17) is 9.47 Å². The predicted molar refractivity (Wildman–Crippen MR) is 87.8 cm³/mol. The molecule has 0 amide bonds. The molecule has 122 valence electrons. The molecule has 0 aliphatic rings. The summed E-state index contributed by atoms with van der Waals surface area (Å²) in [5.41, 5.74) is 0. The van der Waals surface area contributed by atoms with Gasteiger partial charge in [0.2, 0.25) is 0 Å². The van der Waals surface area contributed by atoms with Gasteiger partial charge in [-0.2, -0.15) is 0 Å². The van der Waals surface area contributed by atoms with Crippen molar-refractivity contribution in [1.82, 2.24) is 4.90 Å². The second-order valence-corrected chi connectivity index (χ2v) is 6.78. The van der Waals surface area contributed by atoms with Crippen molar-refractivity contribution in [2.45, 2.75) is 32.9 Å². The Labute approximate surface area is 132 Å². The van der Waals surface area contributed by atoms with E-state index in [2.05, 4.69) is 36.3 Å². The van der Waals surface area contributed by atoms with Crippen molar-refractivity contribution in [1.29, 1.82) is 0 Å². The summed E-state index contributed by atoms with van der Waals surface area (Å²) in [6.45, 7) is 8.52. The number of aliphatic hydroxyl groups is 1. The molecular weight excluding hydrogens is 286 g/mol. The Morgan fingerprint density at radius 3 is 2.76 bits per heavy atom. The van der Waals surface area contributed by atoms with E-state index in [-0.39, 0.29) is 0 Å². The Morgan fingerprint density at radius 2 is 2.14 bits per heavy atom. The highest BCUT2D eigenvalue weighted by atomic mass is 32.1. The molecule has 0 aromatic carbocycles. The number of methoxy groups -OCH3 is 1. The highest BCUT2D eigenvalue weighted by Gasteiger charge is 2.13. The lowest BCUT2D eigenvalue weighted by atomic mass is 10.2. The quantitative estimate of drug-likeness (QED) is 0.602. The van der Waals surface area contributed by atoms with Crippen LogP contribution in [0.4, 0.5) is 0 Å². The smallest absolute Gasteiger partial charge is 0.0900 e. The van der Waals surface area contributed by atoms with Crippen molar-refractivity contribution < 1.29 is 14.6 Å². The van der Waals surface area contributed by atoms with Gasteiger partial charge in [-0.15, -0.1) is 11.3 Å². The standard InChI is InChI=1S/C16H29NO3S/c1-14(2)12-20-13-15(18)10-17(7-5-8-19-3)11-16-6-4-9-21-16/h4,6,9,14-15,18H,5,7-8,10-13H2,1-3H3/t15-/m0/s1. The van der Waals surface area contributed by atoms with Gasteiger partial charge in [-0.1, -0.05) is 19.9 Å². The Bertz CT molecular complexity index is 343.